The Labute approximate surface area is 86.1 Å². The third kappa shape index (κ3) is 1.40. The number of rotatable bonds is 1. The second kappa shape index (κ2) is 3.20. The molecule has 13 heavy (non-hydrogen) atoms. The SMILES string of the molecule is CCc1c(N)sc2cc(Cl)ccc12. The van der Waals surface area contributed by atoms with Gasteiger partial charge in [0, 0.05) is 9.72 Å². The summed E-state index contributed by atoms with van der Waals surface area (Å²) in [7, 11) is 0. The van der Waals surface area contributed by atoms with Crippen LogP contribution >= 0.6 is 22.9 Å². The van der Waals surface area contributed by atoms with Crippen LogP contribution in [0, 0.1) is 0 Å². The van der Waals surface area contributed by atoms with Crippen LogP contribution in [0.4, 0.5) is 5.00 Å². The van der Waals surface area contributed by atoms with Gasteiger partial charge < -0.3 is 5.73 Å². The van der Waals surface area contributed by atoms with Crippen LogP contribution in [0.25, 0.3) is 10.1 Å². The summed E-state index contributed by atoms with van der Waals surface area (Å²) >= 11 is 7.50. The minimum Gasteiger partial charge on any atom is -0.390 e. The van der Waals surface area contributed by atoms with Crippen LogP contribution in [0.2, 0.25) is 5.02 Å². The number of hydrogen-bond acceptors (Lipinski definition) is 2. The maximum Gasteiger partial charge on any atom is 0.0901 e. The van der Waals surface area contributed by atoms with Crippen molar-refractivity contribution >= 4 is 38.0 Å². The van der Waals surface area contributed by atoms with Crippen molar-refractivity contribution in [2.24, 2.45) is 0 Å². The Hall–Kier alpha value is -0.730. The standard InChI is InChI=1S/C10H10ClNS/c1-2-7-8-4-3-6(11)5-9(8)13-10(7)12/h3-5H,2,12H2,1H3. The predicted octanol–water partition coefficient (Wildman–Crippen LogP) is 3.70. The molecule has 2 aromatic rings. The molecule has 0 amide bonds. The topological polar surface area (TPSA) is 26.0 Å². The minimum absolute atomic E-state index is 0.774. The van der Waals surface area contributed by atoms with Gasteiger partial charge in [-0.2, -0.15) is 0 Å². The maximum absolute atomic E-state index is 5.89. The molecule has 0 aliphatic heterocycles. The molecule has 1 aromatic heterocycles. The van der Waals surface area contributed by atoms with Gasteiger partial charge in [0.25, 0.3) is 0 Å². The molecule has 0 saturated carbocycles. The first kappa shape index (κ1) is 8.85. The highest BCUT2D eigenvalue weighted by Gasteiger charge is 2.07. The molecule has 3 heteroatoms. The number of nitrogen functional groups attached to an aromatic ring is 1. The first-order chi connectivity index (χ1) is 6.22. The third-order valence-electron chi connectivity index (χ3n) is 2.14. The van der Waals surface area contributed by atoms with Crippen LogP contribution in [0.5, 0.6) is 0 Å². The van der Waals surface area contributed by atoms with E-state index in [1.807, 2.05) is 18.2 Å². The van der Waals surface area contributed by atoms with E-state index in [1.54, 1.807) is 11.3 Å². The zero-order chi connectivity index (χ0) is 9.42. The van der Waals surface area contributed by atoms with E-state index in [-0.39, 0.29) is 0 Å². The Balaban J connectivity index is 2.79. The molecule has 1 aromatic carbocycles. The fraction of sp³-hybridized carbons (Fsp3) is 0.200. The fourth-order valence-electron chi connectivity index (χ4n) is 1.51. The van der Waals surface area contributed by atoms with Crippen molar-refractivity contribution in [3.63, 3.8) is 0 Å². The van der Waals surface area contributed by atoms with Gasteiger partial charge >= 0.3 is 0 Å². The Morgan fingerprint density at radius 1 is 1.46 bits per heavy atom. The van der Waals surface area contributed by atoms with Crippen LogP contribution in [-0.4, -0.2) is 0 Å². The van der Waals surface area contributed by atoms with E-state index in [0.717, 1.165) is 16.4 Å². The van der Waals surface area contributed by atoms with Crippen molar-refractivity contribution in [3.8, 4) is 0 Å². The number of thiophene rings is 1. The van der Waals surface area contributed by atoms with Gasteiger partial charge in [0.05, 0.1) is 5.00 Å². The Kier molecular flexibility index (Phi) is 2.18. The smallest absolute Gasteiger partial charge is 0.0901 e. The number of nitrogens with two attached hydrogens (primary N) is 1. The number of anilines is 1. The highest BCUT2D eigenvalue weighted by Crippen LogP contribution is 2.35. The number of fused-ring (bicyclic) bond motifs is 1. The lowest BCUT2D eigenvalue weighted by molar-refractivity contribution is 1.17. The molecule has 0 unspecified atom stereocenters. The zero-order valence-electron chi connectivity index (χ0n) is 7.30. The van der Waals surface area contributed by atoms with Crippen LogP contribution in [0.3, 0.4) is 0 Å². The predicted molar refractivity (Wildman–Crippen MR) is 60.6 cm³/mol. The molecule has 0 atom stereocenters. The molecule has 0 saturated heterocycles. The number of hydrogen-bond donors (Lipinski definition) is 1. The molecule has 0 radical (unpaired) electrons. The van der Waals surface area contributed by atoms with Gasteiger partial charge in [0.2, 0.25) is 0 Å². The summed E-state index contributed by atoms with van der Waals surface area (Å²) in [5.41, 5.74) is 7.14. The van der Waals surface area contributed by atoms with E-state index in [9.17, 15) is 0 Å². The summed E-state index contributed by atoms with van der Waals surface area (Å²) in [6, 6.07) is 5.93. The Morgan fingerprint density at radius 2 is 2.23 bits per heavy atom. The van der Waals surface area contributed by atoms with Gasteiger partial charge in [0.15, 0.2) is 0 Å². The molecular formula is C10H10ClNS. The van der Waals surface area contributed by atoms with E-state index >= 15 is 0 Å². The molecule has 68 valence electrons. The van der Waals surface area contributed by atoms with Crippen molar-refractivity contribution in [2.45, 2.75) is 13.3 Å². The average Bonchev–Trinajstić information content (AvgIpc) is 2.39. The van der Waals surface area contributed by atoms with E-state index in [0.29, 0.717) is 0 Å². The molecule has 1 heterocycles. The lowest BCUT2D eigenvalue weighted by Crippen LogP contribution is -1.85. The Bertz CT molecular complexity index is 447. The van der Waals surface area contributed by atoms with E-state index in [4.69, 9.17) is 17.3 Å². The van der Waals surface area contributed by atoms with Crippen LogP contribution in [-0.2, 0) is 6.42 Å². The van der Waals surface area contributed by atoms with Crippen molar-refractivity contribution in [1.82, 2.24) is 0 Å². The number of benzene rings is 1. The molecule has 0 aliphatic rings. The van der Waals surface area contributed by atoms with Gasteiger partial charge in [-0.15, -0.1) is 11.3 Å². The molecular weight excluding hydrogens is 202 g/mol. The van der Waals surface area contributed by atoms with Crippen LogP contribution < -0.4 is 5.73 Å². The quantitative estimate of drug-likeness (QED) is 0.765. The van der Waals surface area contributed by atoms with Crippen molar-refractivity contribution < 1.29 is 0 Å². The average molecular weight is 212 g/mol. The number of aryl methyl sites for hydroxylation is 1. The lowest BCUT2D eigenvalue weighted by Gasteiger charge is -1.95. The fourth-order valence-corrected chi connectivity index (χ4v) is 2.85. The molecule has 0 bridgehead atoms. The maximum atomic E-state index is 5.89. The summed E-state index contributed by atoms with van der Waals surface area (Å²) in [5, 5.41) is 2.94. The van der Waals surface area contributed by atoms with Crippen molar-refractivity contribution in [3.05, 3.63) is 28.8 Å². The molecule has 0 fully saturated rings. The normalized spacial score (nSPS) is 10.9. The van der Waals surface area contributed by atoms with Gasteiger partial charge in [-0.3, -0.25) is 0 Å². The zero-order valence-corrected chi connectivity index (χ0v) is 8.88. The van der Waals surface area contributed by atoms with E-state index in [2.05, 4.69) is 6.92 Å². The summed E-state index contributed by atoms with van der Waals surface area (Å²) in [4.78, 5) is 0. The minimum atomic E-state index is 0.774. The highest BCUT2D eigenvalue weighted by atomic mass is 35.5. The first-order valence-electron chi connectivity index (χ1n) is 4.18. The van der Waals surface area contributed by atoms with Crippen LogP contribution in [0.15, 0.2) is 18.2 Å². The number of halogens is 1. The van der Waals surface area contributed by atoms with E-state index in [1.165, 1.54) is 15.6 Å². The molecule has 0 spiro atoms. The molecule has 2 N–H and O–H groups in total. The summed E-state index contributed by atoms with van der Waals surface area (Å²) < 4.78 is 1.18. The van der Waals surface area contributed by atoms with Gasteiger partial charge in [-0.05, 0) is 29.5 Å². The van der Waals surface area contributed by atoms with Crippen molar-refractivity contribution in [2.75, 3.05) is 5.73 Å². The van der Waals surface area contributed by atoms with E-state index < -0.39 is 0 Å². The molecule has 2 rings (SSSR count). The van der Waals surface area contributed by atoms with Gasteiger partial charge in [-0.1, -0.05) is 24.6 Å². The van der Waals surface area contributed by atoms with Gasteiger partial charge in [-0.25, -0.2) is 0 Å². The highest BCUT2D eigenvalue weighted by molar-refractivity contribution is 7.22. The third-order valence-corrected chi connectivity index (χ3v) is 3.40. The second-order valence-corrected chi connectivity index (χ2v) is 4.46. The first-order valence-corrected chi connectivity index (χ1v) is 5.38. The monoisotopic (exact) mass is 211 g/mol. The Morgan fingerprint density at radius 3 is 2.92 bits per heavy atom. The summed E-state index contributed by atoms with van der Waals surface area (Å²) in [6.07, 6.45) is 0.980. The lowest BCUT2D eigenvalue weighted by atomic mass is 10.1. The largest absolute Gasteiger partial charge is 0.390 e. The summed E-state index contributed by atoms with van der Waals surface area (Å²) in [5.74, 6) is 0. The summed E-state index contributed by atoms with van der Waals surface area (Å²) in [6.45, 7) is 2.12. The molecule has 0 aliphatic carbocycles. The van der Waals surface area contributed by atoms with Crippen LogP contribution in [0.1, 0.15) is 12.5 Å². The van der Waals surface area contributed by atoms with Gasteiger partial charge in [0.1, 0.15) is 0 Å². The van der Waals surface area contributed by atoms with Crippen molar-refractivity contribution in [1.29, 1.82) is 0 Å². The second-order valence-electron chi connectivity index (χ2n) is 2.94. The molecule has 1 nitrogen and oxygen atoms in total.